The number of anilines is 2. The minimum atomic E-state index is -5.04. The summed E-state index contributed by atoms with van der Waals surface area (Å²) in [4.78, 5) is 17.1. The van der Waals surface area contributed by atoms with Crippen molar-refractivity contribution in [1.82, 2.24) is 25.2 Å². The van der Waals surface area contributed by atoms with Gasteiger partial charge in [0.1, 0.15) is 23.6 Å². The van der Waals surface area contributed by atoms with Gasteiger partial charge in [-0.2, -0.15) is 31.9 Å². The van der Waals surface area contributed by atoms with Crippen LogP contribution in [0.1, 0.15) is 50.5 Å². The van der Waals surface area contributed by atoms with Crippen molar-refractivity contribution in [3.63, 3.8) is 0 Å². The van der Waals surface area contributed by atoms with Gasteiger partial charge in [0.2, 0.25) is 0 Å². The molecule has 0 saturated carbocycles. The number of rotatable bonds is 6. The Morgan fingerprint density at radius 1 is 1.08 bits per heavy atom. The molecule has 5 aliphatic rings. The Kier molecular flexibility index (Phi) is 8.14. The predicted molar refractivity (Wildman–Crippen MR) is 170 cm³/mol. The molecule has 0 radical (unpaired) electrons. The average molecular weight is 708 g/mol. The molecular weight excluding hydrogens is 671 g/mol. The number of alkyl halides is 3. The number of ether oxygens (including phenoxy) is 2. The normalized spacial score (nSPS) is 27.4. The minimum absolute atomic E-state index is 0.0366. The molecule has 50 heavy (non-hydrogen) atoms. The highest BCUT2D eigenvalue weighted by molar-refractivity contribution is 5.92. The van der Waals surface area contributed by atoms with E-state index >= 15 is 8.78 Å². The van der Waals surface area contributed by atoms with Crippen LogP contribution in [0.4, 0.5) is 42.2 Å². The number of piperazine rings is 1. The van der Waals surface area contributed by atoms with Crippen LogP contribution in [0.3, 0.4) is 0 Å². The number of nitrogens with zero attached hydrogens (tertiary/aromatic N) is 5. The van der Waals surface area contributed by atoms with E-state index in [1.54, 1.807) is 0 Å². The van der Waals surface area contributed by atoms with Crippen molar-refractivity contribution >= 4 is 22.4 Å². The molecule has 8 rings (SSSR count). The molecule has 5 aliphatic heterocycles. The van der Waals surface area contributed by atoms with Crippen LogP contribution in [-0.2, 0) is 10.9 Å². The molecule has 7 heterocycles. The zero-order valence-electron chi connectivity index (χ0n) is 27.1. The third-order valence-electron chi connectivity index (χ3n) is 11.4. The number of halogens is 7. The number of benzene rings is 1. The summed E-state index contributed by atoms with van der Waals surface area (Å²) in [5.41, 5.74) is 0.193. The molecular formula is C34H36F7N7O2. The predicted octanol–water partition coefficient (Wildman–Crippen LogP) is 6.08. The molecule has 2 bridgehead atoms. The van der Waals surface area contributed by atoms with Crippen molar-refractivity contribution in [2.75, 3.05) is 56.6 Å². The molecule has 16 heteroatoms. The maximum Gasteiger partial charge on any atom is 0.417 e. The molecule has 0 spiro atoms. The van der Waals surface area contributed by atoms with E-state index in [1.165, 1.54) is 0 Å². The van der Waals surface area contributed by atoms with Gasteiger partial charge in [0.25, 0.3) is 6.08 Å². The molecule has 268 valence electrons. The lowest BCUT2D eigenvalue weighted by Crippen LogP contribution is -2.63. The van der Waals surface area contributed by atoms with Gasteiger partial charge in [-0.15, -0.1) is 0 Å². The summed E-state index contributed by atoms with van der Waals surface area (Å²) in [6.07, 6.45) is -0.573. The minimum Gasteiger partial charge on any atom is -0.461 e. The second kappa shape index (κ2) is 12.2. The van der Waals surface area contributed by atoms with Crippen molar-refractivity contribution in [3.8, 4) is 17.3 Å². The van der Waals surface area contributed by atoms with Gasteiger partial charge in [0, 0.05) is 56.2 Å². The molecule has 0 aliphatic carbocycles. The summed E-state index contributed by atoms with van der Waals surface area (Å²) in [6.45, 7) is 2.96. The number of nitrogen functional groups attached to an aromatic ring is 1. The number of nitrogens with two attached hydrogens (primary N) is 1. The maximum absolute atomic E-state index is 16.7. The van der Waals surface area contributed by atoms with Gasteiger partial charge in [-0.3, -0.25) is 9.88 Å². The Balaban J connectivity index is 1.24. The van der Waals surface area contributed by atoms with Crippen LogP contribution in [-0.4, -0.2) is 83.0 Å². The zero-order chi connectivity index (χ0) is 35.0. The summed E-state index contributed by atoms with van der Waals surface area (Å²) >= 11 is 0. The van der Waals surface area contributed by atoms with Crippen molar-refractivity contribution in [3.05, 3.63) is 47.2 Å². The molecule has 3 aromatic rings. The molecule has 1 aromatic carbocycles. The van der Waals surface area contributed by atoms with Crippen LogP contribution in [0.2, 0.25) is 0 Å². The first-order valence-corrected chi connectivity index (χ1v) is 16.9. The fourth-order valence-corrected chi connectivity index (χ4v) is 9.00. The van der Waals surface area contributed by atoms with E-state index < -0.39 is 57.5 Å². The van der Waals surface area contributed by atoms with E-state index in [-0.39, 0.29) is 53.9 Å². The number of hydrogen-bond acceptors (Lipinski definition) is 9. The van der Waals surface area contributed by atoms with E-state index in [0.717, 1.165) is 44.4 Å². The monoisotopic (exact) mass is 707 g/mol. The highest BCUT2D eigenvalue weighted by atomic mass is 19.4. The largest absolute Gasteiger partial charge is 0.461 e. The fourth-order valence-electron chi connectivity index (χ4n) is 9.00. The van der Waals surface area contributed by atoms with Crippen molar-refractivity contribution in [1.29, 1.82) is 0 Å². The molecule has 5 fully saturated rings. The topological polar surface area (TPSA) is 102 Å². The van der Waals surface area contributed by atoms with Crippen LogP contribution in [0.15, 0.2) is 30.0 Å². The molecule has 2 aromatic heterocycles. The molecule has 5 saturated heterocycles. The van der Waals surface area contributed by atoms with E-state index in [1.807, 2.05) is 9.80 Å². The Morgan fingerprint density at radius 2 is 1.88 bits per heavy atom. The Bertz CT molecular complexity index is 1870. The summed E-state index contributed by atoms with van der Waals surface area (Å²) in [6, 6.07) is 1.18. The second-order valence-corrected chi connectivity index (χ2v) is 14.3. The molecule has 0 amide bonds. The lowest BCUT2D eigenvalue weighted by molar-refractivity contribution is -0.137. The SMILES string of the molecule is Nc1ccc(C(F)(F)F)c(-c2ncc3c(N4C[C@@H]5CC[C@](C6CCOCC6)(C4)N5)nc(OC[C@@]45CCCN4CC(=C(F)F)C5)nc3c2F)c1F. The highest BCUT2D eigenvalue weighted by Crippen LogP contribution is 2.46. The van der Waals surface area contributed by atoms with E-state index in [2.05, 4.69) is 15.3 Å². The fraction of sp³-hybridized carbons (Fsp3) is 0.559. The van der Waals surface area contributed by atoms with E-state index in [9.17, 15) is 22.0 Å². The van der Waals surface area contributed by atoms with Crippen molar-refractivity contribution in [2.24, 2.45) is 5.92 Å². The van der Waals surface area contributed by atoms with Gasteiger partial charge in [0.05, 0.1) is 27.7 Å². The number of aromatic nitrogens is 3. The van der Waals surface area contributed by atoms with Gasteiger partial charge < -0.3 is 25.4 Å². The van der Waals surface area contributed by atoms with Crippen LogP contribution in [0, 0.1) is 17.6 Å². The van der Waals surface area contributed by atoms with Crippen LogP contribution >= 0.6 is 0 Å². The Morgan fingerprint density at radius 3 is 2.64 bits per heavy atom. The summed E-state index contributed by atoms with van der Waals surface area (Å²) in [7, 11) is 0. The summed E-state index contributed by atoms with van der Waals surface area (Å²) in [5.74, 6) is -2.16. The van der Waals surface area contributed by atoms with Gasteiger partial charge >= 0.3 is 12.2 Å². The van der Waals surface area contributed by atoms with Gasteiger partial charge in [-0.1, -0.05) is 0 Å². The third-order valence-corrected chi connectivity index (χ3v) is 11.4. The number of fused-ring (bicyclic) bond motifs is 4. The first kappa shape index (κ1) is 33.4. The van der Waals surface area contributed by atoms with Gasteiger partial charge in [-0.05, 0) is 69.5 Å². The van der Waals surface area contributed by atoms with Gasteiger partial charge in [-0.25, -0.2) is 8.78 Å². The third kappa shape index (κ3) is 5.54. The van der Waals surface area contributed by atoms with Crippen LogP contribution in [0.25, 0.3) is 22.2 Å². The standard InChI is InChI=1S/C34H36F7N7O2/c35-25-23(42)3-2-22(34(39,40)41)24(25)28-26(36)27-21(13-43-28)30(47-15-20-4-8-33(16-47,46-20)19-5-10-49-11-6-19)45-31(44-27)50-17-32-7-1-9-48(32)14-18(12-32)29(37)38/h2-3,13,19-20,46H,1,4-12,14-17,42H2/t20-,32-,33+/m0/s1. The molecule has 3 N–H and O–H groups in total. The first-order chi connectivity index (χ1) is 23.9. The lowest BCUT2D eigenvalue weighted by Gasteiger charge is -2.47. The Hall–Kier alpha value is -3.76. The molecule has 0 unspecified atom stereocenters. The average Bonchev–Trinajstić information content (AvgIpc) is 3.75. The van der Waals surface area contributed by atoms with E-state index in [0.29, 0.717) is 51.3 Å². The summed E-state index contributed by atoms with van der Waals surface area (Å²) < 4.78 is 113. The smallest absolute Gasteiger partial charge is 0.417 e. The number of nitrogens with one attached hydrogen (secondary N) is 1. The van der Waals surface area contributed by atoms with Crippen molar-refractivity contribution < 1.29 is 40.2 Å². The highest BCUT2D eigenvalue weighted by Gasteiger charge is 2.51. The second-order valence-electron chi connectivity index (χ2n) is 14.3. The summed E-state index contributed by atoms with van der Waals surface area (Å²) in [5, 5.41) is 3.93. The van der Waals surface area contributed by atoms with Crippen LogP contribution < -0.4 is 20.7 Å². The number of pyridine rings is 1. The number of hydrogen-bond donors (Lipinski definition) is 2. The first-order valence-electron chi connectivity index (χ1n) is 16.9. The maximum atomic E-state index is 16.7. The molecule has 3 atom stereocenters. The molecule has 9 nitrogen and oxygen atoms in total. The zero-order valence-corrected chi connectivity index (χ0v) is 27.1. The van der Waals surface area contributed by atoms with Gasteiger partial charge in [0.15, 0.2) is 11.6 Å². The van der Waals surface area contributed by atoms with E-state index in [4.69, 9.17) is 20.2 Å². The van der Waals surface area contributed by atoms with Crippen molar-refractivity contribution in [2.45, 2.75) is 68.2 Å². The Labute approximate surface area is 283 Å². The van der Waals surface area contributed by atoms with Crippen LogP contribution in [0.5, 0.6) is 6.01 Å². The lowest BCUT2D eigenvalue weighted by atomic mass is 9.77. The quantitative estimate of drug-likeness (QED) is 0.234.